The van der Waals surface area contributed by atoms with Crippen LogP contribution in [0, 0.1) is 0 Å². The van der Waals surface area contributed by atoms with Gasteiger partial charge in [-0.05, 0) is 36.4 Å². The number of hydrogen-bond acceptors (Lipinski definition) is 5. The normalized spacial score (nSPS) is 13.9. The molecule has 162 valence electrons. The van der Waals surface area contributed by atoms with Crippen LogP contribution in [0.25, 0.3) is 11.0 Å². The molecule has 2 N–H and O–H groups in total. The third-order valence-electron chi connectivity index (χ3n) is 5.35. The molecule has 0 saturated carbocycles. The van der Waals surface area contributed by atoms with Crippen LogP contribution in [0.2, 0.25) is 0 Å². The van der Waals surface area contributed by atoms with Crippen LogP contribution in [0.5, 0.6) is 0 Å². The van der Waals surface area contributed by atoms with Gasteiger partial charge in [0.1, 0.15) is 5.82 Å². The number of amides is 2. The summed E-state index contributed by atoms with van der Waals surface area (Å²) in [4.78, 5) is 36.2. The third-order valence-corrected chi connectivity index (χ3v) is 5.35. The number of hydrogen-bond donors (Lipinski definition) is 2. The fourth-order valence-electron chi connectivity index (χ4n) is 3.62. The SMILES string of the molecule is CN(CC(=O)Nc1ccc(N2CCOCC2)cc1)C(=O)CCc1nc2ccccc2[nH]1. The standard InChI is InChI=1S/C23H27N5O3/c1-27(23(30)11-10-21-25-19-4-2-3-5-20(19)26-21)16-22(29)24-17-6-8-18(9-7-17)28-12-14-31-15-13-28/h2-9H,10-16H2,1H3,(H,24,29)(H,25,26). The van der Waals surface area contributed by atoms with E-state index in [0.29, 0.717) is 12.1 Å². The number of aryl methyl sites for hydroxylation is 1. The summed E-state index contributed by atoms with van der Waals surface area (Å²) >= 11 is 0. The lowest BCUT2D eigenvalue weighted by Crippen LogP contribution is -2.36. The first-order valence-electron chi connectivity index (χ1n) is 10.5. The second-order valence-corrected chi connectivity index (χ2v) is 7.64. The first kappa shape index (κ1) is 20.9. The van der Waals surface area contributed by atoms with Gasteiger partial charge in [0, 0.05) is 44.4 Å². The summed E-state index contributed by atoms with van der Waals surface area (Å²) in [5, 5.41) is 2.85. The van der Waals surface area contributed by atoms with Crippen molar-refractivity contribution in [2.24, 2.45) is 0 Å². The summed E-state index contributed by atoms with van der Waals surface area (Å²) < 4.78 is 5.37. The molecule has 0 spiro atoms. The van der Waals surface area contributed by atoms with Crippen LogP contribution in [-0.4, -0.2) is 66.6 Å². The van der Waals surface area contributed by atoms with Gasteiger partial charge in [-0.25, -0.2) is 4.98 Å². The maximum absolute atomic E-state index is 12.4. The maximum Gasteiger partial charge on any atom is 0.243 e. The predicted molar refractivity (Wildman–Crippen MR) is 120 cm³/mol. The zero-order chi connectivity index (χ0) is 21.6. The molecular formula is C23H27N5O3. The number of para-hydroxylation sites is 2. The van der Waals surface area contributed by atoms with Gasteiger partial charge in [0.25, 0.3) is 0 Å². The van der Waals surface area contributed by atoms with E-state index in [1.165, 1.54) is 4.90 Å². The molecule has 0 radical (unpaired) electrons. The Kier molecular flexibility index (Phi) is 6.47. The lowest BCUT2D eigenvalue weighted by atomic mass is 10.2. The monoisotopic (exact) mass is 421 g/mol. The minimum atomic E-state index is -0.223. The predicted octanol–water partition coefficient (Wildman–Crippen LogP) is 2.43. The van der Waals surface area contributed by atoms with Gasteiger partial charge < -0.3 is 24.8 Å². The average Bonchev–Trinajstić information content (AvgIpc) is 3.21. The van der Waals surface area contributed by atoms with Gasteiger partial charge in [0.2, 0.25) is 11.8 Å². The minimum Gasteiger partial charge on any atom is -0.378 e. The van der Waals surface area contributed by atoms with E-state index >= 15 is 0 Å². The van der Waals surface area contributed by atoms with Gasteiger partial charge in [-0.15, -0.1) is 0 Å². The van der Waals surface area contributed by atoms with Gasteiger partial charge >= 0.3 is 0 Å². The highest BCUT2D eigenvalue weighted by Crippen LogP contribution is 2.19. The number of benzene rings is 2. The van der Waals surface area contributed by atoms with Gasteiger partial charge in [-0.2, -0.15) is 0 Å². The number of carbonyl (C=O) groups excluding carboxylic acids is 2. The minimum absolute atomic E-state index is 0.00415. The third kappa shape index (κ3) is 5.40. The van der Waals surface area contributed by atoms with Crippen molar-refractivity contribution in [2.45, 2.75) is 12.8 Å². The van der Waals surface area contributed by atoms with Crippen molar-refractivity contribution >= 4 is 34.2 Å². The molecule has 0 unspecified atom stereocenters. The number of aromatic nitrogens is 2. The van der Waals surface area contributed by atoms with E-state index in [1.54, 1.807) is 7.05 Å². The van der Waals surface area contributed by atoms with Crippen molar-refractivity contribution in [2.75, 3.05) is 50.1 Å². The van der Waals surface area contributed by atoms with Crippen molar-refractivity contribution in [3.05, 3.63) is 54.4 Å². The second-order valence-electron chi connectivity index (χ2n) is 7.64. The highest BCUT2D eigenvalue weighted by Gasteiger charge is 2.15. The van der Waals surface area contributed by atoms with Crippen LogP contribution >= 0.6 is 0 Å². The summed E-state index contributed by atoms with van der Waals surface area (Å²) in [7, 11) is 1.64. The molecule has 0 atom stereocenters. The highest BCUT2D eigenvalue weighted by molar-refractivity contribution is 5.94. The molecule has 1 aromatic heterocycles. The lowest BCUT2D eigenvalue weighted by Gasteiger charge is -2.28. The fraction of sp³-hybridized carbons (Fsp3) is 0.348. The van der Waals surface area contributed by atoms with Crippen LogP contribution in [-0.2, 0) is 20.7 Å². The number of carbonyl (C=O) groups is 2. The van der Waals surface area contributed by atoms with Crippen LogP contribution in [0.4, 0.5) is 11.4 Å². The van der Waals surface area contributed by atoms with Gasteiger partial charge in [0.05, 0.1) is 30.8 Å². The van der Waals surface area contributed by atoms with Crippen LogP contribution in [0.1, 0.15) is 12.2 Å². The summed E-state index contributed by atoms with van der Waals surface area (Å²) in [5.74, 6) is 0.449. The summed E-state index contributed by atoms with van der Waals surface area (Å²) in [6.45, 7) is 3.20. The van der Waals surface area contributed by atoms with Crippen molar-refractivity contribution in [3.8, 4) is 0 Å². The van der Waals surface area contributed by atoms with Crippen molar-refractivity contribution < 1.29 is 14.3 Å². The molecule has 2 amide bonds. The number of aromatic amines is 1. The number of nitrogens with zero attached hydrogens (tertiary/aromatic N) is 3. The molecule has 4 rings (SSSR count). The number of anilines is 2. The molecule has 2 aromatic carbocycles. The van der Waals surface area contributed by atoms with E-state index in [-0.39, 0.29) is 24.8 Å². The number of imidazole rings is 1. The molecule has 8 heteroatoms. The van der Waals surface area contributed by atoms with E-state index < -0.39 is 0 Å². The average molecular weight is 422 g/mol. The second kappa shape index (κ2) is 9.61. The molecule has 31 heavy (non-hydrogen) atoms. The Morgan fingerprint density at radius 1 is 1.13 bits per heavy atom. The maximum atomic E-state index is 12.4. The first-order chi connectivity index (χ1) is 15.1. The Labute approximate surface area is 181 Å². The van der Waals surface area contributed by atoms with Gasteiger partial charge in [0.15, 0.2) is 0 Å². The van der Waals surface area contributed by atoms with E-state index in [0.717, 1.165) is 48.8 Å². The van der Waals surface area contributed by atoms with Crippen molar-refractivity contribution in [3.63, 3.8) is 0 Å². The Balaban J connectivity index is 1.24. The summed E-state index contributed by atoms with van der Waals surface area (Å²) in [6.07, 6.45) is 0.792. The molecule has 1 saturated heterocycles. The van der Waals surface area contributed by atoms with Crippen LogP contribution < -0.4 is 10.2 Å². The van der Waals surface area contributed by atoms with Crippen molar-refractivity contribution in [1.82, 2.24) is 14.9 Å². The number of rotatable bonds is 7. The van der Waals surface area contributed by atoms with Crippen LogP contribution in [0.3, 0.4) is 0 Å². The summed E-state index contributed by atoms with van der Waals surface area (Å²) in [5.41, 5.74) is 3.67. The molecule has 1 aliphatic heterocycles. The van der Waals surface area contributed by atoms with Gasteiger partial charge in [-0.1, -0.05) is 12.1 Å². The zero-order valence-electron chi connectivity index (χ0n) is 17.6. The Morgan fingerprint density at radius 3 is 2.61 bits per heavy atom. The zero-order valence-corrected chi connectivity index (χ0v) is 17.6. The quantitative estimate of drug-likeness (QED) is 0.612. The molecule has 0 aliphatic carbocycles. The Morgan fingerprint density at radius 2 is 1.87 bits per heavy atom. The van der Waals surface area contributed by atoms with Crippen LogP contribution in [0.15, 0.2) is 48.5 Å². The highest BCUT2D eigenvalue weighted by atomic mass is 16.5. The number of nitrogens with one attached hydrogen (secondary N) is 2. The number of likely N-dealkylation sites (N-methyl/N-ethyl adjacent to an activating group) is 1. The molecular weight excluding hydrogens is 394 g/mol. The van der Waals surface area contributed by atoms with E-state index in [1.807, 2.05) is 48.5 Å². The molecule has 1 aliphatic rings. The van der Waals surface area contributed by atoms with Crippen molar-refractivity contribution in [1.29, 1.82) is 0 Å². The molecule has 0 bridgehead atoms. The number of H-pyrrole nitrogens is 1. The number of ether oxygens (including phenoxy) is 1. The molecule has 3 aromatic rings. The Hall–Kier alpha value is -3.39. The molecule has 2 heterocycles. The molecule has 8 nitrogen and oxygen atoms in total. The van der Waals surface area contributed by atoms with E-state index in [4.69, 9.17) is 4.74 Å². The first-order valence-corrected chi connectivity index (χ1v) is 10.5. The smallest absolute Gasteiger partial charge is 0.243 e. The van der Waals surface area contributed by atoms with E-state index in [9.17, 15) is 9.59 Å². The molecule has 1 fully saturated rings. The largest absolute Gasteiger partial charge is 0.378 e. The number of morpholine rings is 1. The number of fused-ring (bicyclic) bond motifs is 1. The summed E-state index contributed by atoms with van der Waals surface area (Å²) in [6, 6.07) is 15.5. The Bertz CT molecular complexity index is 1010. The lowest BCUT2D eigenvalue weighted by molar-refractivity contribution is -0.133. The fourth-order valence-corrected chi connectivity index (χ4v) is 3.62. The van der Waals surface area contributed by atoms with Gasteiger partial charge in [-0.3, -0.25) is 9.59 Å². The van der Waals surface area contributed by atoms with E-state index in [2.05, 4.69) is 20.2 Å². The topological polar surface area (TPSA) is 90.6 Å².